The molecule has 0 spiro atoms. The summed E-state index contributed by atoms with van der Waals surface area (Å²) < 4.78 is 5.79. The average Bonchev–Trinajstić information content (AvgIpc) is 2.86. The van der Waals surface area contributed by atoms with Crippen LogP contribution in [0, 0.1) is 0 Å². The summed E-state index contributed by atoms with van der Waals surface area (Å²) in [5, 5.41) is 41.1. The third-order valence-electron chi connectivity index (χ3n) is 7.22. The molecular weight excluding hydrogens is 596 g/mol. The van der Waals surface area contributed by atoms with Crippen LogP contribution in [0.1, 0.15) is 47.0 Å². The Kier molecular flexibility index (Phi) is 16.3. The second-order valence-corrected chi connectivity index (χ2v) is 12.6. The zero-order chi connectivity index (χ0) is 34.4. The Morgan fingerprint density at radius 2 is 1.13 bits per heavy atom. The van der Waals surface area contributed by atoms with Crippen LogP contribution >= 0.6 is 0 Å². The SMILES string of the molecule is CC(C)(COC(C)(C)CC(N)=O)NC(=O)CCC(C(=O)O)N1CCN(CC(=O)O)CCN(CC(=O)O)CCN(CC(=O)O)CC1. The molecule has 0 aromatic rings. The lowest BCUT2D eigenvalue weighted by molar-refractivity contribution is -0.145. The first kappa shape index (κ1) is 39.6. The number of ether oxygens (including phenoxy) is 1. The molecule has 1 atom stereocenters. The smallest absolute Gasteiger partial charge is 0.320 e. The van der Waals surface area contributed by atoms with E-state index < -0.39 is 52.9 Å². The maximum atomic E-state index is 12.9. The Morgan fingerprint density at radius 1 is 0.733 bits per heavy atom. The Balaban J connectivity index is 3.05. The molecule has 0 radical (unpaired) electrons. The number of carbonyl (C=O) groups is 6. The molecule has 1 fully saturated rings. The standard InChI is InChI=1S/C28H50N6O11/c1-27(2,19-45-28(3,4)15-21(29)35)30-22(36)6-5-20(26(43)44)34-13-11-32(17-24(39)40)9-7-31(16-23(37)38)8-10-33(12-14-34)18-25(41)42/h20H,5-19H2,1-4H3,(H2,29,35)(H,30,36)(H,37,38)(H,39,40)(H,41,42)(H,43,44). The maximum Gasteiger partial charge on any atom is 0.320 e. The van der Waals surface area contributed by atoms with E-state index in [1.54, 1.807) is 47.3 Å². The summed E-state index contributed by atoms with van der Waals surface area (Å²) in [7, 11) is 0. The molecule has 1 heterocycles. The predicted molar refractivity (Wildman–Crippen MR) is 161 cm³/mol. The molecule has 258 valence electrons. The van der Waals surface area contributed by atoms with Gasteiger partial charge in [0.05, 0.1) is 43.8 Å². The van der Waals surface area contributed by atoms with Crippen molar-refractivity contribution in [3.63, 3.8) is 0 Å². The molecule has 1 saturated heterocycles. The number of carboxylic acids is 4. The molecule has 17 heteroatoms. The van der Waals surface area contributed by atoms with Gasteiger partial charge in [-0.3, -0.25) is 48.4 Å². The van der Waals surface area contributed by atoms with Crippen molar-refractivity contribution in [1.82, 2.24) is 24.9 Å². The number of aliphatic carboxylic acids is 4. The van der Waals surface area contributed by atoms with Gasteiger partial charge in [-0.25, -0.2) is 0 Å². The van der Waals surface area contributed by atoms with E-state index in [-0.39, 0.29) is 97.9 Å². The number of primary amides is 1. The minimum absolute atomic E-state index is 0.0124. The predicted octanol–water partition coefficient (Wildman–Crippen LogP) is -1.74. The molecule has 1 aliphatic rings. The van der Waals surface area contributed by atoms with Crippen molar-refractivity contribution in [2.45, 2.75) is 64.1 Å². The molecule has 1 aliphatic heterocycles. The second kappa shape index (κ2) is 18.6. The van der Waals surface area contributed by atoms with Gasteiger partial charge >= 0.3 is 23.9 Å². The number of carbonyl (C=O) groups excluding carboxylic acids is 2. The highest BCUT2D eigenvalue weighted by Crippen LogP contribution is 2.18. The summed E-state index contributed by atoms with van der Waals surface area (Å²) in [4.78, 5) is 77.4. The van der Waals surface area contributed by atoms with Crippen LogP contribution in [0.25, 0.3) is 0 Å². The van der Waals surface area contributed by atoms with Crippen LogP contribution in [-0.4, -0.2) is 171 Å². The number of hydrogen-bond donors (Lipinski definition) is 6. The number of nitrogens with two attached hydrogens (primary N) is 1. The number of hydrogen-bond acceptors (Lipinski definition) is 11. The molecule has 0 aliphatic carbocycles. The number of amides is 2. The van der Waals surface area contributed by atoms with Crippen molar-refractivity contribution in [2.75, 3.05) is 78.6 Å². The van der Waals surface area contributed by atoms with Crippen molar-refractivity contribution in [3.05, 3.63) is 0 Å². The zero-order valence-corrected chi connectivity index (χ0v) is 26.7. The molecule has 0 aromatic carbocycles. The van der Waals surface area contributed by atoms with Crippen LogP contribution in [0.5, 0.6) is 0 Å². The summed E-state index contributed by atoms with van der Waals surface area (Å²) in [6.07, 6.45) is -0.236. The molecule has 7 N–H and O–H groups in total. The van der Waals surface area contributed by atoms with Crippen molar-refractivity contribution in [1.29, 1.82) is 0 Å². The van der Waals surface area contributed by atoms with Crippen LogP contribution in [0.15, 0.2) is 0 Å². The molecular formula is C28H50N6O11. The highest BCUT2D eigenvalue weighted by atomic mass is 16.5. The number of nitrogens with zero attached hydrogens (tertiary/aromatic N) is 4. The Hall–Kier alpha value is -3.38. The molecule has 1 unspecified atom stereocenters. The molecule has 2 amide bonds. The average molecular weight is 647 g/mol. The van der Waals surface area contributed by atoms with Crippen LogP contribution in [0.2, 0.25) is 0 Å². The van der Waals surface area contributed by atoms with Gasteiger partial charge in [-0.05, 0) is 34.1 Å². The van der Waals surface area contributed by atoms with E-state index in [1.807, 2.05) is 0 Å². The summed E-state index contributed by atoms with van der Waals surface area (Å²) in [6, 6.07) is -1.13. The van der Waals surface area contributed by atoms with Crippen LogP contribution in [0.4, 0.5) is 0 Å². The van der Waals surface area contributed by atoms with E-state index in [0.717, 1.165) is 0 Å². The van der Waals surface area contributed by atoms with Crippen LogP contribution in [0.3, 0.4) is 0 Å². The fraction of sp³-hybridized carbons (Fsp3) is 0.786. The third-order valence-corrected chi connectivity index (χ3v) is 7.22. The molecule has 0 bridgehead atoms. The highest BCUT2D eigenvalue weighted by molar-refractivity contribution is 5.79. The molecule has 0 saturated carbocycles. The van der Waals surface area contributed by atoms with E-state index in [2.05, 4.69) is 5.32 Å². The van der Waals surface area contributed by atoms with Crippen LogP contribution < -0.4 is 11.1 Å². The number of nitrogens with one attached hydrogen (secondary N) is 1. The minimum atomic E-state index is -1.19. The van der Waals surface area contributed by atoms with E-state index >= 15 is 0 Å². The van der Waals surface area contributed by atoms with E-state index in [9.17, 15) is 49.2 Å². The molecule has 0 aromatic heterocycles. The highest BCUT2D eigenvalue weighted by Gasteiger charge is 2.31. The summed E-state index contributed by atoms with van der Waals surface area (Å²) in [6.45, 7) is 7.26. The fourth-order valence-electron chi connectivity index (χ4n) is 4.96. The van der Waals surface area contributed by atoms with Crippen molar-refractivity contribution < 1.29 is 53.9 Å². The summed E-state index contributed by atoms with van der Waals surface area (Å²) in [5.74, 6) is -5.40. The molecule has 1 rings (SSSR count). The molecule has 45 heavy (non-hydrogen) atoms. The van der Waals surface area contributed by atoms with Crippen molar-refractivity contribution >= 4 is 35.7 Å². The molecule has 17 nitrogen and oxygen atoms in total. The van der Waals surface area contributed by atoms with Gasteiger partial charge in [0, 0.05) is 58.8 Å². The monoisotopic (exact) mass is 646 g/mol. The van der Waals surface area contributed by atoms with Gasteiger partial charge in [0.1, 0.15) is 6.04 Å². The van der Waals surface area contributed by atoms with E-state index in [0.29, 0.717) is 0 Å². The number of rotatable bonds is 17. The van der Waals surface area contributed by atoms with Gasteiger partial charge < -0.3 is 36.2 Å². The lowest BCUT2D eigenvalue weighted by Crippen LogP contribution is -2.52. The Labute approximate surface area is 263 Å². The van der Waals surface area contributed by atoms with Gasteiger partial charge in [-0.15, -0.1) is 0 Å². The summed E-state index contributed by atoms with van der Waals surface area (Å²) in [5.41, 5.74) is 3.57. The maximum absolute atomic E-state index is 12.9. The lowest BCUT2D eigenvalue weighted by Gasteiger charge is -2.35. The first-order valence-corrected chi connectivity index (χ1v) is 14.8. The van der Waals surface area contributed by atoms with Gasteiger partial charge in [0.25, 0.3) is 0 Å². The Bertz CT molecular complexity index is 1010. The van der Waals surface area contributed by atoms with Gasteiger partial charge in [-0.2, -0.15) is 0 Å². The first-order valence-electron chi connectivity index (χ1n) is 14.8. The Morgan fingerprint density at radius 3 is 1.49 bits per heavy atom. The summed E-state index contributed by atoms with van der Waals surface area (Å²) >= 11 is 0. The number of carboxylic acid groups (broad SMARTS) is 4. The fourth-order valence-corrected chi connectivity index (χ4v) is 4.96. The van der Waals surface area contributed by atoms with Crippen molar-refractivity contribution in [2.24, 2.45) is 5.73 Å². The second-order valence-electron chi connectivity index (χ2n) is 12.6. The normalized spacial score (nSPS) is 17.9. The zero-order valence-electron chi connectivity index (χ0n) is 26.7. The first-order chi connectivity index (χ1) is 20.8. The van der Waals surface area contributed by atoms with Gasteiger partial charge in [0.15, 0.2) is 0 Å². The third kappa shape index (κ3) is 17.6. The topological polar surface area (TPSA) is 244 Å². The largest absolute Gasteiger partial charge is 0.480 e. The quantitative estimate of drug-likeness (QED) is 0.103. The van der Waals surface area contributed by atoms with E-state index in [1.165, 1.54) is 0 Å². The van der Waals surface area contributed by atoms with Crippen molar-refractivity contribution in [3.8, 4) is 0 Å². The minimum Gasteiger partial charge on any atom is -0.480 e. The van der Waals surface area contributed by atoms with Crippen LogP contribution in [-0.2, 0) is 33.5 Å². The lowest BCUT2D eigenvalue weighted by atomic mass is 10.0. The van der Waals surface area contributed by atoms with E-state index in [4.69, 9.17) is 10.5 Å². The van der Waals surface area contributed by atoms with Gasteiger partial charge in [0.2, 0.25) is 11.8 Å². The van der Waals surface area contributed by atoms with Gasteiger partial charge in [-0.1, -0.05) is 0 Å².